The van der Waals surface area contributed by atoms with Gasteiger partial charge in [-0.05, 0) is 29.3 Å². The number of aryl methyl sites for hydroxylation is 1. The fourth-order valence-electron chi connectivity index (χ4n) is 1.78. The predicted molar refractivity (Wildman–Crippen MR) is 57.3 cm³/mol. The SMILES string of the molecule is Cc1c(C(=O)O)c(O)cc2ccccc12. The molecule has 2 aromatic rings. The van der Waals surface area contributed by atoms with Crippen molar-refractivity contribution in [2.45, 2.75) is 6.92 Å². The Morgan fingerprint density at radius 3 is 2.60 bits per heavy atom. The number of carbonyl (C=O) groups is 1. The summed E-state index contributed by atoms with van der Waals surface area (Å²) in [5, 5.41) is 20.2. The van der Waals surface area contributed by atoms with Crippen molar-refractivity contribution >= 4 is 16.7 Å². The molecular formula is C12H10O3. The first kappa shape index (κ1) is 9.52. The molecule has 0 saturated heterocycles. The second-order valence-electron chi connectivity index (χ2n) is 3.42. The molecule has 0 aliphatic carbocycles. The van der Waals surface area contributed by atoms with Crippen LogP contribution in [0.5, 0.6) is 5.75 Å². The van der Waals surface area contributed by atoms with E-state index in [0.29, 0.717) is 5.56 Å². The van der Waals surface area contributed by atoms with E-state index in [2.05, 4.69) is 0 Å². The number of rotatable bonds is 1. The van der Waals surface area contributed by atoms with Crippen LogP contribution in [-0.4, -0.2) is 16.2 Å². The van der Waals surface area contributed by atoms with Crippen molar-refractivity contribution in [1.29, 1.82) is 0 Å². The van der Waals surface area contributed by atoms with E-state index >= 15 is 0 Å². The van der Waals surface area contributed by atoms with Gasteiger partial charge in [0, 0.05) is 0 Å². The summed E-state index contributed by atoms with van der Waals surface area (Å²) in [5.41, 5.74) is 0.576. The van der Waals surface area contributed by atoms with E-state index in [0.717, 1.165) is 10.8 Å². The number of carboxylic acids is 1. The van der Waals surface area contributed by atoms with Gasteiger partial charge in [-0.2, -0.15) is 0 Å². The average Bonchev–Trinajstić information content (AvgIpc) is 2.17. The number of hydrogen-bond donors (Lipinski definition) is 2. The molecule has 0 aromatic heterocycles. The second kappa shape index (κ2) is 3.28. The molecule has 0 saturated carbocycles. The summed E-state index contributed by atoms with van der Waals surface area (Å²) < 4.78 is 0. The molecule has 0 radical (unpaired) electrons. The third-order valence-corrected chi connectivity index (χ3v) is 2.50. The Morgan fingerprint density at radius 2 is 1.93 bits per heavy atom. The van der Waals surface area contributed by atoms with E-state index in [4.69, 9.17) is 5.11 Å². The Labute approximate surface area is 86.6 Å². The third kappa shape index (κ3) is 1.42. The highest BCUT2D eigenvalue weighted by Crippen LogP contribution is 2.29. The Kier molecular flexibility index (Phi) is 2.08. The standard InChI is InChI=1S/C12H10O3/c1-7-9-5-3-2-4-8(9)6-10(13)11(7)12(14)15/h2-6,13H,1H3,(H,14,15). The summed E-state index contributed by atoms with van der Waals surface area (Å²) in [7, 11) is 0. The fraction of sp³-hybridized carbons (Fsp3) is 0.0833. The van der Waals surface area contributed by atoms with Gasteiger partial charge in [-0.1, -0.05) is 24.3 Å². The Balaban J connectivity index is 2.90. The summed E-state index contributed by atoms with van der Waals surface area (Å²) in [6.45, 7) is 1.70. The first-order valence-corrected chi connectivity index (χ1v) is 4.56. The first-order chi connectivity index (χ1) is 7.11. The van der Waals surface area contributed by atoms with Gasteiger partial charge >= 0.3 is 5.97 Å². The number of aromatic hydroxyl groups is 1. The van der Waals surface area contributed by atoms with Crippen LogP contribution in [0.1, 0.15) is 15.9 Å². The predicted octanol–water partition coefficient (Wildman–Crippen LogP) is 2.55. The Morgan fingerprint density at radius 1 is 1.27 bits per heavy atom. The minimum absolute atomic E-state index is 0.0197. The van der Waals surface area contributed by atoms with Crippen molar-refractivity contribution in [3.05, 3.63) is 41.5 Å². The van der Waals surface area contributed by atoms with E-state index in [1.807, 2.05) is 24.3 Å². The van der Waals surface area contributed by atoms with Gasteiger partial charge < -0.3 is 10.2 Å². The van der Waals surface area contributed by atoms with Crippen molar-refractivity contribution < 1.29 is 15.0 Å². The molecule has 0 aliphatic rings. The summed E-state index contributed by atoms with van der Waals surface area (Å²) in [4.78, 5) is 10.9. The van der Waals surface area contributed by atoms with Gasteiger partial charge in [0.25, 0.3) is 0 Å². The molecule has 0 amide bonds. The van der Waals surface area contributed by atoms with Crippen LogP contribution in [0.3, 0.4) is 0 Å². The molecule has 2 aromatic carbocycles. The summed E-state index contributed by atoms with van der Waals surface area (Å²) in [6, 6.07) is 8.86. The van der Waals surface area contributed by atoms with Crippen LogP contribution < -0.4 is 0 Å². The van der Waals surface area contributed by atoms with Crippen LogP contribution in [-0.2, 0) is 0 Å². The Bertz CT molecular complexity index is 544. The van der Waals surface area contributed by atoms with Crippen LogP contribution in [0, 0.1) is 6.92 Å². The second-order valence-corrected chi connectivity index (χ2v) is 3.42. The maximum atomic E-state index is 10.9. The van der Waals surface area contributed by atoms with Crippen molar-refractivity contribution in [2.75, 3.05) is 0 Å². The van der Waals surface area contributed by atoms with Crippen molar-refractivity contribution in [3.63, 3.8) is 0 Å². The monoisotopic (exact) mass is 202 g/mol. The summed E-state index contributed by atoms with van der Waals surface area (Å²) >= 11 is 0. The minimum Gasteiger partial charge on any atom is -0.507 e. The lowest BCUT2D eigenvalue weighted by Crippen LogP contribution is -2.00. The van der Waals surface area contributed by atoms with Gasteiger partial charge in [-0.25, -0.2) is 4.79 Å². The van der Waals surface area contributed by atoms with Gasteiger partial charge in [0.1, 0.15) is 11.3 Å². The van der Waals surface area contributed by atoms with E-state index in [-0.39, 0.29) is 11.3 Å². The molecule has 3 nitrogen and oxygen atoms in total. The van der Waals surface area contributed by atoms with Crippen LogP contribution in [0.4, 0.5) is 0 Å². The van der Waals surface area contributed by atoms with Crippen molar-refractivity contribution in [3.8, 4) is 5.75 Å². The number of phenols is 1. The van der Waals surface area contributed by atoms with E-state index < -0.39 is 5.97 Å². The molecule has 15 heavy (non-hydrogen) atoms. The van der Waals surface area contributed by atoms with Gasteiger partial charge in [0.2, 0.25) is 0 Å². The fourth-order valence-corrected chi connectivity index (χ4v) is 1.78. The summed E-state index contributed by atoms with van der Waals surface area (Å²) in [5.74, 6) is -1.28. The lowest BCUT2D eigenvalue weighted by atomic mass is 9.99. The van der Waals surface area contributed by atoms with Crippen LogP contribution >= 0.6 is 0 Å². The molecule has 2 N–H and O–H groups in total. The average molecular weight is 202 g/mol. The molecule has 3 heteroatoms. The maximum Gasteiger partial charge on any atom is 0.339 e. The molecular weight excluding hydrogens is 192 g/mol. The van der Waals surface area contributed by atoms with E-state index in [9.17, 15) is 9.90 Å². The molecule has 0 atom stereocenters. The highest BCUT2D eigenvalue weighted by atomic mass is 16.4. The van der Waals surface area contributed by atoms with Gasteiger partial charge in [0.15, 0.2) is 0 Å². The molecule has 76 valence electrons. The number of aromatic carboxylic acids is 1. The maximum absolute atomic E-state index is 10.9. The molecule has 0 bridgehead atoms. The number of hydrogen-bond acceptors (Lipinski definition) is 2. The smallest absolute Gasteiger partial charge is 0.339 e. The molecule has 0 heterocycles. The van der Waals surface area contributed by atoms with Gasteiger partial charge in [-0.3, -0.25) is 0 Å². The van der Waals surface area contributed by atoms with Crippen molar-refractivity contribution in [2.24, 2.45) is 0 Å². The zero-order valence-electron chi connectivity index (χ0n) is 8.19. The zero-order valence-corrected chi connectivity index (χ0v) is 8.19. The highest BCUT2D eigenvalue weighted by molar-refractivity contribution is 6.00. The molecule has 0 aliphatic heterocycles. The van der Waals surface area contributed by atoms with Gasteiger partial charge in [0.05, 0.1) is 0 Å². The lowest BCUT2D eigenvalue weighted by Gasteiger charge is -2.07. The highest BCUT2D eigenvalue weighted by Gasteiger charge is 2.15. The molecule has 2 rings (SSSR count). The quantitative estimate of drug-likeness (QED) is 0.747. The third-order valence-electron chi connectivity index (χ3n) is 2.50. The first-order valence-electron chi connectivity index (χ1n) is 4.56. The normalized spacial score (nSPS) is 10.5. The van der Waals surface area contributed by atoms with E-state index in [1.54, 1.807) is 6.92 Å². The molecule has 0 spiro atoms. The van der Waals surface area contributed by atoms with Crippen molar-refractivity contribution in [1.82, 2.24) is 0 Å². The number of fused-ring (bicyclic) bond motifs is 1. The Hall–Kier alpha value is -2.03. The largest absolute Gasteiger partial charge is 0.507 e. The van der Waals surface area contributed by atoms with Crippen LogP contribution in [0.15, 0.2) is 30.3 Å². The minimum atomic E-state index is -1.10. The van der Waals surface area contributed by atoms with Gasteiger partial charge in [-0.15, -0.1) is 0 Å². The molecule has 0 fully saturated rings. The van der Waals surface area contributed by atoms with E-state index in [1.165, 1.54) is 6.07 Å². The zero-order chi connectivity index (χ0) is 11.0. The van der Waals surface area contributed by atoms with Crippen LogP contribution in [0.2, 0.25) is 0 Å². The summed E-state index contributed by atoms with van der Waals surface area (Å²) in [6.07, 6.45) is 0. The number of benzene rings is 2. The molecule has 0 unspecified atom stereocenters. The number of carboxylic acid groups (broad SMARTS) is 1. The lowest BCUT2D eigenvalue weighted by molar-refractivity contribution is 0.0693. The van der Waals surface area contributed by atoms with Crippen LogP contribution in [0.25, 0.3) is 10.8 Å². The topological polar surface area (TPSA) is 57.5 Å².